The number of benzene rings is 2. The van der Waals surface area contributed by atoms with Gasteiger partial charge in [-0.2, -0.15) is 0 Å². The molecule has 2 aromatic carbocycles. The maximum atomic E-state index is 13.9. The minimum absolute atomic E-state index is 0.261. The van der Waals surface area contributed by atoms with Crippen LogP contribution in [0.15, 0.2) is 48.8 Å². The van der Waals surface area contributed by atoms with Crippen LogP contribution in [-0.4, -0.2) is 16.6 Å². The van der Waals surface area contributed by atoms with Gasteiger partial charge in [-0.25, -0.2) is 13.8 Å². The molecule has 0 saturated carbocycles. The first-order valence-electron chi connectivity index (χ1n) is 6.71. The molecule has 0 fully saturated rings. The van der Waals surface area contributed by atoms with E-state index < -0.39 is 11.6 Å². The Kier molecular flexibility index (Phi) is 3.66. The van der Waals surface area contributed by atoms with Gasteiger partial charge in [-0.3, -0.25) is 0 Å². The summed E-state index contributed by atoms with van der Waals surface area (Å²) in [4.78, 5) is 4.32. The molecule has 5 heteroatoms. The third-order valence-corrected chi connectivity index (χ3v) is 3.59. The molecule has 1 N–H and O–H groups in total. The molecule has 1 heterocycles. The average Bonchev–Trinajstić information content (AvgIpc) is 2.89. The van der Waals surface area contributed by atoms with Crippen molar-refractivity contribution in [2.24, 2.45) is 0 Å². The molecular weight excluding hydrogens is 272 g/mol. The number of nitrogens with one attached hydrogen (secondary N) is 1. The van der Waals surface area contributed by atoms with Crippen molar-refractivity contribution in [1.82, 2.24) is 14.9 Å². The standard InChI is InChI=1S/C16H15F2N3/c1-19-15(12-7-6-11(17)8-13(12)18)9-21-10-20-14-4-2-3-5-16(14)21/h2-8,10,15,19H,9H2,1H3. The zero-order chi connectivity index (χ0) is 14.8. The monoisotopic (exact) mass is 287 g/mol. The quantitative estimate of drug-likeness (QED) is 0.798. The zero-order valence-electron chi connectivity index (χ0n) is 11.6. The van der Waals surface area contributed by atoms with E-state index in [1.54, 1.807) is 13.4 Å². The Morgan fingerprint density at radius 2 is 2.00 bits per heavy atom. The lowest BCUT2D eigenvalue weighted by atomic mass is 10.1. The lowest BCUT2D eigenvalue weighted by Gasteiger charge is -2.18. The molecule has 1 aromatic heterocycles. The second kappa shape index (κ2) is 5.61. The molecule has 3 aromatic rings. The van der Waals surface area contributed by atoms with Gasteiger partial charge in [0.25, 0.3) is 0 Å². The lowest BCUT2D eigenvalue weighted by Crippen LogP contribution is -2.22. The second-order valence-corrected chi connectivity index (χ2v) is 4.89. The highest BCUT2D eigenvalue weighted by molar-refractivity contribution is 5.74. The number of para-hydroxylation sites is 2. The Hall–Kier alpha value is -2.27. The summed E-state index contributed by atoms with van der Waals surface area (Å²) in [5, 5.41) is 3.07. The number of imidazole rings is 1. The van der Waals surface area contributed by atoms with Crippen LogP contribution in [0.3, 0.4) is 0 Å². The summed E-state index contributed by atoms with van der Waals surface area (Å²) in [5.74, 6) is -1.11. The van der Waals surface area contributed by atoms with Gasteiger partial charge in [0.05, 0.1) is 23.4 Å². The van der Waals surface area contributed by atoms with Crippen molar-refractivity contribution in [1.29, 1.82) is 0 Å². The van der Waals surface area contributed by atoms with Crippen molar-refractivity contribution in [3.05, 3.63) is 66.0 Å². The number of aromatic nitrogens is 2. The zero-order valence-corrected chi connectivity index (χ0v) is 11.6. The maximum Gasteiger partial charge on any atom is 0.130 e. The summed E-state index contributed by atoms with van der Waals surface area (Å²) in [6.07, 6.45) is 1.73. The van der Waals surface area contributed by atoms with E-state index in [0.717, 1.165) is 17.1 Å². The van der Waals surface area contributed by atoms with E-state index in [-0.39, 0.29) is 6.04 Å². The van der Waals surface area contributed by atoms with Gasteiger partial charge in [0.2, 0.25) is 0 Å². The molecule has 0 aliphatic rings. The number of rotatable bonds is 4. The summed E-state index contributed by atoms with van der Waals surface area (Å²) >= 11 is 0. The van der Waals surface area contributed by atoms with E-state index in [2.05, 4.69) is 10.3 Å². The van der Waals surface area contributed by atoms with Crippen LogP contribution in [0.25, 0.3) is 11.0 Å². The van der Waals surface area contributed by atoms with Gasteiger partial charge in [-0.05, 0) is 25.2 Å². The van der Waals surface area contributed by atoms with Crippen molar-refractivity contribution in [3.63, 3.8) is 0 Å². The number of fused-ring (bicyclic) bond motifs is 1. The van der Waals surface area contributed by atoms with Crippen LogP contribution in [0.2, 0.25) is 0 Å². The van der Waals surface area contributed by atoms with Crippen molar-refractivity contribution in [2.75, 3.05) is 7.05 Å². The molecule has 108 valence electrons. The van der Waals surface area contributed by atoms with Crippen molar-refractivity contribution in [3.8, 4) is 0 Å². The molecule has 0 radical (unpaired) electrons. The molecule has 1 unspecified atom stereocenters. The van der Waals surface area contributed by atoms with Crippen LogP contribution in [0, 0.1) is 11.6 Å². The molecule has 1 atom stereocenters. The van der Waals surface area contributed by atoms with Crippen LogP contribution in [0.1, 0.15) is 11.6 Å². The summed E-state index contributed by atoms with van der Waals surface area (Å²) in [6.45, 7) is 0.513. The molecule has 0 spiro atoms. The molecule has 0 aliphatic heterocycles. The molecule has 3 rings (SSSR count). The van der Waals surface area contributed by atoms with E-state index in [9.17, 15) is 8.78 Å². The van der Waals surface area contributed by atoms with Crippen LogP contribution in [-0.2, 0) is 6.54 Å². The summed E-state index contributed by atoms with van der Waals surface area (Å²) in [7, 11) is 1.76. The SMILES string of the molecule is CNC(Cn1cnc2ccccc21)c1ccc(F)cc1F. The molecule has 0 amide bonds. The fourth-order valence-electron chi connectivity index (χ4n) is 2.48. The summed E-state index contributed by atoms with van der Waals surface area (Å²) in [6, 6.07) is 11.2. The molecule has 0 saturated heterocycles. The Labute approximate surface area is 121 Å². The van der Waals surface area contributed by atoms with Crippen LogP contribution < -0.4 is 5.32 Å². The van der Waals surface area contributed by atoms with E-state index in [1.807, 2.05) is 28.8 Å². The van der Waals surface area contributed by atoms with Gasteiger partial charge in [0.1, 0.15) is 11.6 Å². The Balaban J connectivity index is 1.94. The van der Waals surface area contributed by atoms with Crippen molar-refractivity contribution >= 4 is 11.0 Å². The van der Waals surface area contributed by atoms with Gasteiger partial charge >= 0.3 is 0 Å². The minimum Gasteiger partial charge on any atom is -0.329 e. The van der Waals surface area contributed by atoms with Gasteiger partial charge in [0, 0.05) is 18.2 Å². The van der Waals surface area contributed by atoms with Crippen LogP contribution in [0.5, 0.6) is 0 Å². The van der Waals surface area contributed by atoms with Gasteiger partial charge in [0.15, 0.2) is 0 Å². The predicted octanol–water partition coefficient (Wildman–Crippen LogP) is 3.28. The highest BCUT2D eigenvalue weighted by Gasteiger charge is 2.16. The lowest BCUT2D eigenvalue weighted by molar-refractivity contribution is 0.475. The largest absolute Gasteiger partial charge is 0.329 e. The fourth-order valence-corrected chi connectivity index (χ4v) is 2.48. The molecule has 0 aliphatic carbocycles. The third-order valence-electron chi connectivity index (χ3n) is 3.59. The van der Waals surface area contributed by atoms with E-state index >= 15 is 0 Å². The minimum atomic E-state index is -0.570. The first-order valence-corrected chi connectivity index (χ1v) is 6.71. The first-order chi connectivity index (χ1) is 10.2. The smallest absolute Gasteiger partial charge is 0.130 e. The fraction of sp³-hybridized carbons (Fsp3) is 0.188. The summed E-state index contributed by atoms with van der Waals surface area (Å²) in [5.41, 5.74) is 2.32. The Bertz CT molecular complexity index is 767. The highest BCUT2D eigenvalue weighted by Crippen LogP contribution is 2.21. The molecule has 3 nitrogen and oxygen atoms in total. The number of nitrogens with zero attached hydrogens (tertiary/aromatic N) is 2. The Morgan fingerprint density at radius 3 is 2.76 bits per heavy atom. The topological polar surface area (TPSA) is 29.9 Å². The molecular formula is C16H15F2N3. The van der Waals surface area contributed by atoms with Crippen molar-refractivity contribution < 1.29 is 8.78 Å². The van der Waals surface area contributed by atoms with Crippen LogP contribution >= 0.6 is 0 Å². The maximum absolute atomic E-state index is 13.9. The van der Waals surface area contributed by atoms with Gasteiger partial charge in [-0.15, -0.1) is 0 Å². The summed E-state index contributed by atoms with van der Waals surface area (Å²) < 4.78 is 28.9. The molecule has 21 heavy (non-hydrogen) atoms. The normalized spacial score (nSPS) is 12.7. The third kappa shape index (κ3) is 2.64. The number of hydrogen-bond donors (Lipinski definition) is 1. The van der Waals surface area contributed by atoms with E-state index in [1.165, 1.54) is 12.1 Å². The van der Waals surface area contributed by atoms with Gasteiger partial charge in [-0.1, -0.05) is 18.2 Å². The predicted molar refractivity (Wildman–Crippen MR) is 77.9 cm³/mol. The van der Waals surface area contributed by atoms with E-state index in [0.29, 0.717) is 12.1 Å². The average molecular weight is 287 g/mol. The number of hydrogen-bond acceptors (Lipinski definition) is 2. The van der Waals surface area contributed by atoms with E-state index in [4.69, 9.17) is 0 Å². The van der Waals surface area contributed by atoms with Gasteiger partial charge < -0.3 is 9.88 Å². The van der Waals surface area contributed by atoms with Crippen LogP contribution in [0.4, 0.5) is 8.78 Å². The Morgan fingerprint density at radius 1 is 1.19 bits per heavy atom. The first kappa shape index (κ1) is 13.7. The number of likely N-dealkylation sites (N-methyl/N-ethyl adjacent to an activating group) is 1. The highest BCUT2D eigenvalue weighted by atomic mass is 19.1. The second-order valence-electron chi connectivity index (χ2n) is 4.89. The van der Waals surface area contributed by atoms with Crippen molar-refractivity contribution in [2.45, 2.75) is 12.6 Å². The molecule has 0 bridgehead atoms. The number of halogens is 2.